The number of hydrogen-bond donors (Lipinski definition) is 1. The average molecular weight is 344 g/mol. The minimum absolute atomic E-state index is 0.111. The van der Waals surface area contributed by atoms with Gasteiger partial charge in [-0.05, 0) is 38.5 Å². The molecule has 134 valence electrons. The van der Waals surface area contributed by atoms with Crippen LogP contribution in [-0.4, -0.2) is 34.6 Å². The van der Waals surface area contributed by atoms with Gasteiger partial charge in [0.25, 0.3) is 0 Å². The van der Waals surface area contributed by atoms with E-state index in [0.717, 1.165) is 34.0 Å². The van der Waals surface area contributed by atoms with E-state index < -0.39 is 0 Å². The molecule has 25 heavy (non-hydrogen) atoms. The van der Waals surface area contributed by atoms with Gasteiger partial charge >= 0.3 is 6.03 Å². The summed E-state index contributed by atoms with van der Waals surface area (Å²) in [6.45, 7) is 6.68. The molecule has 7 heteroatoms. The number of benzene rings is 1. The van der Waals surface area contributed by atoms with Crippen molar-refractivity contribution in [2.24, 2.45) is 7.05 Å². The number of hydrogen-bond acceptors (Lipinski definition) is 4. The molecule has 0 spiro atoms. The second-order valence-corrected chi connectivity index (χ2v) is 6.42. The van der Waals surface area contributed by atoms with Gasteiger partial charge in [-0.1, -0.05) is 6.07 Å². The van der Waals surface area contributed by atoms with Crippen LogP contribution in [0.4, 0.5) is 4.79 Å². The van der Waals surface area contributed by atoms with Crippen molar-refractivity contribution in [2.45, 2.75) is 33.4 Å². The van der Waals surface area contributed by atoms with Gasteiger partial charge in [0.1, 0.15) is 0 Å². The molecule has 1 aromatic heterocycles. The van der Waals surface area contributed by atoms with Gasteiger partial charge < -0.3 is 19.7 Å². The molecule has 0 fully saturated rings. The lowest BCUT2D eigenvalue weighted by molar-refractivity contribution is 0.174. The quantitative estimate of drug-likeness (QED) is 0.926. The largest absolute Gasteiger partial charge is 0.454 e. The van der Waals surface area contributed by atoms with Gasteiger partial charge in [0.15, 0.2) is 11.5 Å². The molecule has 0 bridgehead atoms. The van der Waals surface area contributed by atoms with Crippen molar-refractivity contribution < 1.29 is 14.3 Å². The number of aryl methyl sites for hydroxylation is 2. The Morgan fingerprint density at radius 2 is 2.08 bits per heavy atom. The highest BCUT2D eigenvalue weighted by Gasteiger charge is 2.20. The number of nitrogens with one attached hydrogen (secondary N) is 1. The molecule has 1 atom stereocenters. The molecule has 3 rings (SSSR count). The standard InChI is InChI=1S/C18H24N4O3/c1-11(17-12(2)20-22(5)13(17)3)19-18(23)21(4)9-14-6-7-15-16(8-14)25-10-24-15/h6-8,11H,9-10H2,1-5H3,(H,19,23). The summed E-state index contributed by atoms with van der Waals surface area (Å²) in [4.78, 5) is 14.2. The predicted octanol–water partition coefficient (Wildman–Crippen LogP) is 2.67. The molecule has 1 aliphatic rings. The molecule has 2 amide bonds. The summed E-state index contributed by atoms with van der Waals surface area (Å²) in [5, 5.41) is 7.45. The molecule has 1 aromatic carbocycles. The first-order chi connectivity index (χ1) is 11.9. The second kappa shape index (κ2) is 6.66. The fourth-order valence-corrected chi connectivity index (χ4v) is 3.17. The van der Waals surface area contributed by atoms with Crippen LogP contribution in [0.1, 0.15) is 35.5 Å². The maximum Gasteiger partial charge on any atom is 0.317 e. The number of carbonyl (C=O) groups excluding carboxylic acids is 1. The van der Waals surface area contributed by atoms with Crippen molar-refractivity contribution in [1.82, 2.24) is 20.0 Å². The summed E-state index contributed by atoms with van der Waals surface area (Å²) >= 11 is 0. The van der Waals surface area contributed by atoms with Crippen molar-refractivity contribution in [1.29, 1.82) is 0 Å². The maximum absolute atomic E-state index is 12.5. The topological polar surface area (TPSA) is 68.6 Å². The Balaban J connectivity index is 1.64. The lowest BCUT2D eigenvalue weighted by Gasteiger charge is -2.22. The molecular formula is C18H24N4O3. The Bertz CT molecular complexity index is 800. The zero-order valence-electron chi connectivity index (χ0n) is 15.3. The van der Waals surface area contributed by atoms with Crippen molar-refractivity contribution in [3.8, 4) is 11.5 Å². The van der Waals surface area contributed by atoms with E-state index in [1.54, 1.807) is 11.9 Å². The lowest BCUT2D eigenvalue weighted by atomic mass is 10.1. The molecule has 0 radical (unpaired) electrons. The number of urea groups is 1. The number of nitrogens with zero attached hydrogens (tertiary/aromatic N) is 3. The van der Waals surface area contributed by atoms with E-state index in [1.165, 1.54) is 0 Å². The Morgan fingerprint density at radius 3 is 2.76 bits per heavy atom. The molecular weight excluding hydrogens is 320 g/mol. The fraction of sp³-hybridized carbons (Fsp3) is 0.444. The van der Waals surface area contributed by atoms with Gasteiger partial charge in [-0.25, -0.2) is 4.79 Å². The van der Waals surface area contributed by atoms with E-state index in [9.17, 15) is 4.79 Å². The van der Waals surface area contributed by atoms with Gasteiger partial charge in [0, 0.05) is 31.9 Å². The normalized spacial score (nSPS) is 13.6. The number of fused-ring (bicyclic) bond motifs is 1. The lowest BCUT2D eigenvalue weighted by Crippen LogP contribution is -2.38. The fourth-order valence-electron chi connectivity index (χ4n) is 3.17. The van der Waals surface area contributed by atoms with Crippen LogP contribution in [0.5, 0.6) is 11.5 Å². The summed E-state index contributed by atoms with van der Waals surface area (Å²) in [5.74, 6) is 1.47. The van der Waals surface area contributed by atoms with E-state index in [1.807, 2.05) is 50.7 Å². The van der Waals surface area contributed by atoms with E-state index in [-0.39, 0.29) is 18.9 Å². The van der Waals surface area contributed by atoms with Crippen molar-refractivity contribution in [3.63, 3.8) is 0 Å². The molecule has 2 aromatic rings. The highest BCUT2D eigenvalue weighted by atomic mass is 16.7. The average Bonchev–Trinajstić information content (AvgIpc) is 3.11. The van der Waals surface area contributed by atoms with Crippen LogP contribution in [0, 0.1) is 13.8 Å². The SMILES string of the molecule is Cc1nn(C)c(C)c1C(C)NC(=O)N(C)Cc1ccc2c(c1)OCO2. The highest BCUT2D eigenvalue weighted by molar-refractivity contribution is 5.74. The van der Waals surface area contributed by atoms with Crippen LogP contribution < -0.4 is 14.8 Å². The molecule has 1 aliphatic heterocycles. The highest BCUT2D eigenvalue weighted by Crippen LogP contribution is 2.32. The van der Waals surface area contributed by atoms with E-state index in [2.05, 4.69) is 10.4 Å². The monoisotopic (exact) mass is 344 g/mol. The van der Waals surface area contributed by atoms with Crippen LogP contribution >= 0.6 is 0 Å². The molecule has 0 saturated carbocycles. The summed E-state index contributed by atoms with van der Waals surface area (Å²) in [5.41, 5.74) is 4.05. The summed E-state index contributed by atoms with van der Waals surface area (Å²) in [7, 11) is 3.68. The molecule has 1 unspecified atom stereocenters. The molecule has 1 N–H and O–H groups in total. The van der Waals surface area contributed by atoms with Crippen LogP contribution in [0.25, 0.3) is 0 Å². The van der Waals surface area contributed by atoms with Gasteiger partial charge in [-0.2, -0.15) is 5.10 Å². The maximum atomic E-state index is 12.5. The smallest absolute Gasteiger partial charge is 0.317 e. The third-order valence-corrected chi connectivity index (χ3v) is 4.54. The third kappa shape index (κ3) is 3.40. The van der Waals surface area contributed by atoms with Crippen molar-refractivity contribution >= 4 is 6.03 Å². The first kappa shape index (κ1) is 17.1. The van der Waals surface area contributed by atoms with Crippen LogP contribution in [-0.2, 0) is 13.6 Å². The number of rotatable bonds is 4. The van der Waals surface area contributed by atoms with Gasteiger partial charge in [0.05, 0.1) is 11.7 Å². The van der Waals surface area contributed by atoms with Gasteiger partial charge in [0.2, 0.25) is 6.79 Å². The molecule has 7 nitrogen and oxygen atoms in total. The second-order valence-electron chi connectivity index (χ2n) is 6.42. The first-order valence-corrected chi connectivity index (χ1v) is 8.27. The minimum atomic E-state index is -0.132. The summed E-state index contributed by atoms with van der Waals surface area (Å²) in [6.07, 6.45) is 0. The summed E-state index contributed by atoms with van der Waals surface area (Å²) < 4.78 is 12.5. The minimum Gasteiger partial charge on any atom is -0.454 e. The predicted molar refractivity (Wildman–Crippen MR) is 93.7 cm³/mol. The Kier molecular flexibility index (Phi) is 4.57. The van der Waals surface area contributed by atoms with Crippen LogP contribution in [0.2, 0.25) is 0 Å². The number of amides is 2. The van der Waals surface area contributed by atoms with Gasteiger partial charge in [-0.15, -0.1) is 0 Å². The number of ether oxygens (including phenoxy) is 2. The third-order valence-electron chi connectivity index (χ3n) is 4.54. The van der Waals surface area contributed by atoms with Crippen molar-refractivity contribution in [2.75, 3.05) is 13.8 Å². The number of aromatic nitrogens is 2. The zero-order valence-corrected chi connectivity index (χ0v) is 15.3. The molecule has 0 saturated heterocycles. The van der Waals surface area contributed by atoms with Crippen LogP contribution in [0.15, 0.2) is 18.2 Å². The van der Waals surface area contributed by atoms with Crippen LogP contribution in [0.3, 0.4) is 0 Å². The van der Waals surface area contributed by atoms with E-state index in [4.69, 9.17) is 9.47 Å². The Hall–Kier alpha value is -2.70. The zero-order chi connectivity index (χ0) is 18.1. The Labute approximate surface area is 147 Å². The summed E-state index contributed by atoms with van der Waals surface area (Å²) in [6, 6.07) is 5.48. The number of carbonyl (C=O) groups is 1. The molecule has 0 aliphatic carbocycles. The Morgan fingerprint density at radius 1 is 1.36 bits per heavy atom. The van der Waals surface area contributed by atoms with Crippen molar-refractivity contribution in [3.05, 3.63) is 40.7 Å². The van der Waals surface area contributed by atoms with Gasteiger partial charge in [-0.3, -0.25) is 4.68 Å². The first-order valence-electron chi connectivity index (χ1n) is 8.27. The van der Waals surface area contributed by atoms with E-state index in [0.29, 0.717) is 6.54 Å². The molecule has 2 heterocycles. The van der Waals surface area contributed by atoms with E-state index >= 15 is 0 Å².